The fourth-order valence-electron chi connectivity index (χ4n) is 3.44. The summed E-state index contributed by atoms with van der Waals surface area (Å²) in [5, 5.41) is 3.60. The van der Waals surface area contributed by atoms with Crippen molar-refractivity contribution in [1.29, 1.82) is 0 Å². The van der Waals surface area contributed by atoms with Crippen LogP contribution in [0.1, 0.15) is 23.9 Å². The SMILES string of the molecule is CCc1cccc(C)c1NC(=O)CN(CCOC)Cc1nc2ccccc2c(=O)[nH]1. The molecule has 1 amide bonds. The van der Waals surface area contributed by atoms with E-state index < -0.39 is 0 Å². The third kappa shape index (κ3) is 5.31. The molecule has 0 bridgehead atoms. The van der Waals surface area contributed by atoms with Crippen molar-refractivity contribution < 1.29 is 9.53 Å². The number of aromatic amines is 1. The summed E-state index contributed by atoms with van der Waals surface area (Å²) >= 11 is 0. The maximum absolute atomic E-state index is 12.8. The molecule has 7 heteroatoms. The van der Waals surface area contributed by atoms with Gasteiger partial charge in [0.25, 0.3) is 5.56 Å². The Hall–Kier alpha value is -3.03. The third-order valence-electron chi connectivity index (χ3n) is 5.02. The van der Waals surface area contributed by atoms with E-state index >= 15 is 0 Å². The smallest absolute Gasteiger partial charge is 0.258 e. The first-order valence-electron chi connectivity index (χ1n) is 10.1. The van der Waals surface area contributed by atoms with Crippen molar-refractivity contribution >= 4 is 22.5 Å². The molecular weight excluding hydrogens is 380 g/mol. The van der Waals surface area contributed by atoms with Crippen molar-refractivity contribution in [2.75, 3.05) is 32.1 Å². The number of H-pyrrole nitrogens is 1. The van der Waals surface area contributed by atoms with E-state index in [0.29, 0.717) is 36.4 Å². The first kappa shape index (κ1) is 21.7. The topological polar surface area (TPSA) is 87.3 Å². The minimum Gasteiger partial charge on any atom is -0.383 e. The number of hydrogen-bond acceptors (Lipinski definition) is 5. The van der Waals surface area contributed by atoms with E-state index in [2.05, 4.69) is 22.2 Å². The van der Waals surface area contributed by atoms with Crippen LogP contribution in [0.15, 0.2) is 47.3 Å². The van der Waals surface area contributed by atoms with E-state index in [1.165, 1.54) is 0 Å². The molecule has 0 spiro atoms. The molecule has 0 unspecified atom stereocenters. The highest BCUT2D eigenvalue weighted by Gasteiger charge is 2.15. The van der Waals surface area contributed by atoms with E-state index in [1.807, 2.05) is 48.2 Å². The number of aromatic nitrogens is 2. The lowest BCUT2D eigenvalue weighted by atomic mass is 10.1. The molecule has 3 rings (SSSR count). The van der Waals surface area contributed by atoms with Gasteiger partial charge in [0.05, 0.1) is 30.6 Å². The summed E-state index contributed by atoms with van der Waals surface area (Å²) in [4.78, 5) is 34.4. The lowest BCUT2D eigenvalue weighted by Gasteiger charge is -2.22. The van der Waals surface area contributed by atoms with Crippen molar-refractivity contribution in [3.05, 3.63) is 69.8 Å². The van der Waals surface area contributed by atoms with Crippen LogP contribution >= 0.6 is 0 Å². The minimum absolute atomic E-state index is 0.113. The number of nitrogens with one attached hydrogen (secondary N) is 2. The number of fused-ring (bicyclic) bond motifs is 1. The molecule has 158 valence electrons. The maximum atomic E-state index is 12.8. The van der Waals surface area contributed by atoms with Gasteiger partial charge in [-0.3, -0.25) is 14.5 Å². The zero-order valence-corrected chi connectivity index (χ0v) is 17.7. The van der Waals surface area contributed by atoms with Crippen molar-refractivity contribution in [2.45, 2.75) is 26.8 Å². The Bertz CT molecular complexity index is 1080. The molecule has 1 aromatic heterocycles. The normalized spacial score (nSPS) is 11.2. The number of anilines is 1. The summed E-state index contributed by atoms with van der Waals surface area (Å²) in [6, 6.07) is 13.2. The molecule has 1 heterocycles. The van der Waals surface area contributed by atoms with Crippen LogP contribution < -0.4 is 10.9 Å². The predicted octanol–water partition coefficient (Wildman–Crippen LogP) is 2.88. The van der Waals surface area contributed by atoms with Gasteiger partial charge in [-0.05, 0) is 36.6 Å². The van der Waals surface area contributed by atoms with E-state index in [-0.39, 0.29) is 18.0 Å². The number of benzene rings is 2. The molecule has 0 aliphatic heterocycles. The molecule has 7 nitrogen and oxygen atoms in total. The number of rotatable bonds is 9. The van der Waals surface area contributed by atoms with Crippen LogP contribution in [0.2, 0.25) is 0 Å². The highest BCUT2D eigenvalue weighted by Crippen LogP contribution is 2.21. The summed E-state index contributed by atoms with van der Waals surface area (Å²) < 4.78 is 5.19. The van der Waals surface area contributed by atoms with E-state index in [4.69, 9.17) is 4.74 Å². The molecule has 0 saturated heterocycles. The van der Waals surface area contributed by atoms with Gasteiger partial charge in [0.1, 0.15) is 5.82 Å². The van der Waals surface area contributed by atoms with Crippen LogP contribution in [0.5, 0.6) is 0 Å². The Morgan fingerprint density at radius 1 is 1.20 bits per heavy atom. The molecular formula is C23H28N4O3. The van der Waals surface area contributed by atoms with Crippen LogP contribution in [0.3, 0.4) is 0 Å². The van der Waals surface area contributed by atoms with Gasteiger partial charge in [0.2, 0.25) is 5.91 Å². The third-order valence-corrected chi connectivity index (χ3v) is 5.02. The Kier molecular flexibility index (Phi) is 7.32. The molecule has 2 aromatic carbocycles. The predicted molar refractivity (Wildman–Crippen MR) is 119 cm³/mol. The summed E-state index contributed by atoms with van der Waals surface area (Å²) in [5.74, 6) is 0.408. The molecule has 0 fully saturated rings. The number of ether oxygens (including phenoxy) is 1. The number of carbonyl (C=O) groups excluding carboxylic acids is 1. The molecule has 0 aliphatic rings. The largest absolute Gasteiger partial charge is 0.383 e. The van der Waals surface area contributed by atoms with E-state index in [9.17, 15) is 9.59 Å². The van der Waals surface area contributed by atoms with Gasteiger partial charge in [-0.15, -0.1) is 0 Å². The maximum Gasteiger partial charge on any atom is 0.258 e. The molecule has 0 radical (unpaired) electrons. The van der Waals surface area contributed by atoms with E-state index in [0.717, 1.165) is 23.2 Å². The second kappa shape index (κ2) is 10.1. The summed E-state index contributed by atoms with van der Waals surface area (Å²) in [6.07, 6.45) is 0.840. The zero-order valence-electron chi connectivity index (χ0n) is 17.7. The molecule has 0 saturated carbocycles. The average Bonchev–Trinajstić information content (AvgIpc) is 2.73. The number of methoxy groups -OCH3 is 1. The highest BCUT2D eigenvalue weighted by molar-refractivity contribution is 5.93. The lowest BCUT2D eigenvalue weighted by Crippen LogP contribution is -2.36. The molecule has 3 aromatic rings. The van der Waals surface area contributed by atoms with Gasteiger partial charge < -0.3 is 15.0 Å². The van der Waals surface area contributed by atoms with Crippen LogP contribution in [-0.2, 0) is 22.5 Å². The Morgan fingerprint density at radius 2 is 2.00 bits per heavy atom. The first-order valence-corrected chi connectivity index (χ1v) is 10.1. The summed E-state index contributed by atoms with van der Waals surface area (Å²) in [7, 11) is 1.62. The van der Waals surface area contributed by atoms with Crippen molar-refractivity contribution in [3.8, 4) is 0 Å². The van der Waals surface area contributed by atoms with Gasteiger partial charge in [0, 0.05) is 19.3 Å². The molecule has 0 aliphatic carbocycles. The highest BCUT2D eigenvalue weighted by atomic mass is 16.5. The second-order valence-corrected chi connectivity index (χ2v) is 7.24. The number of aryl methyl sites for hydroxylation is 2. The number of nitrogens with zero attached hydrogens (tertiary/aromatic N) is 2. The fourth-order valence-corrected chi connectivity index (χ4v) is 3.44. The van der Waals surface area contributed by atoms with Crippen molar-refractivity contribution in [2.24, 2.45) is 0 Å². The molecule has 2 N–H and O–H groups in total. The van der Waals surface area contributed by atoms with Crippen LogP contribution in [0.25, 0.3) is 10.9 Å². The summed E-state index contributed by atoms with van der Waals surface area (Å²) in [6.45, 7) is 5.56. The van der Waals surface area contributed by atoms with E-state index in [1.54, 1.807) is 13.2 Å². The Balaban J connectivity index is 1.76. The van der Waals surface area contributed by atoms with Gasteiger partial charge in [-0.25, -0.2) is 4.98 Å². The number of hydrogen-bond donors (Lipinski definition) is 2. The second-order valence-electron chi connectivity index (χ2n) is 7.24. The molecule has 30 heavy (non-hydrogen) atoms. The summed E-state index contributed by atoms with van der Waals surface area (Å²) in [5.41, 5.74) is 3.46. The Morgan fingerprint density at radius 3 is 2.77 bits per heavy atom. The van der Waals surface area contributed by atoms with Crippen LogP contribution in [0, 0.1) is 6.92 Å². The van der Waals surface area contributed by atoms with Crippen LogP contribution in [-0.4, -0.2) is 47.6 Å². The van der Waals surface area contributed by atoms with Gasteiger partial charge >= 0.3 is 0 Å². The Labute approximate surface area is 176 Å². The standard InChI is InChI=1S/C23H28N4O3/c1-4-17-9-7-8-16(2)22(17)26-21(28)15-27(12-13-30-3)14-20-24-19-11-6-5-10-18(19)23(29)25-20/h5-11H,4,12-15H2,1-3H3,(H,26,28)(H,24,25,29). The van der Waals surface area contributed by atoms with Gasteiger partial charge in [0.15, 0.2) is 0 Å². The quantitative estimate of drug-likeness (QED) is 0.569. The average molecular weight is 409 g/mol. The van der Waals surface area contributed by atoms with Crippen molar-refractivity contribution in [3.63, 3.8) is 0 Å². The van der Waals surface area contributed by atoms with Crippen molar-refractivity contribution in [1.82, 2.24) is 14.9 Å². The molecule has 0 atom stereocenters. The monoisotopic (exact) mass is 408 g/mol. The van der Waals surface area contributed by atoms with Gasteiger partial charge in [-0.2, -0.15) is 0 Å². The first-order chi connectivity index (χ1) is 14.5. The van der Waals surface area contributed by atoms with Crippen LogP contribution in [0.4, 0.5) is 5.69 Å². The lowest BCUT2D eigenvalue weighted by molar-refractivity contribution is -0.117. The number of carbonyl (C=O) groups is 1. The fraction of sp³-hybridized carbons (Fsp3) is 0.348. The number of para-hydroxylation sites is 2. The number of amides is 1. The zero-order chi connectivity index (χ0) is 21.5. The van der Waals surface area contributed by atoms with Gasteiger partial charge in [-0.1, -0.05) is 37.3 Å². The minimum atomic E-state index is -0.181.